The number of rotatable bonds is 4. The number of ether oxygens (including phenoxy) is 1. The molecule has 1 aromatic carbocycles. The van der Waals surface area contributed by atoms with E-state index >= 15 is 0 Å². The van der Waals surface area contributed by atoms with Gasteiger partial charge in [-0.05, 0) is 13.0 Å². The van der Waals surface area contributed by atoms with E-state index in [1.807, 2.05) is 0 Å². The molecule has 0 saturated heterocycles. The monoisotopic (exact) mass is 214 g/mol. The van der Waals surface area contributed by atoms with E-state index in [0.717, 1.165) is 0 Å². The van der Waals surface area contributed by atoms with Crippen LogP contribution in [0.5, 0.6) is 5.75 Å². The molecule has 15 heavy (non-hydrogen) atoms. The van der Waals surface area contributed by atoms with Gasteiger partial charge < -0.3 is 4.74 Å². The highest BCUT2D eigenvalue weighted by Crippen LogP contribution is 2.30. The molecule has 0 unspecified atom stereocenters. The summed E-state index contributed by atoms with van der Waals surface area (Å²) in [6.07, 6.45) is -2.61. The van der Waals surface area contributed by atoms with Crippen molar-refractivity contribution in [2.45, 2.75) is 19.8 Å². The van der Waals surface area contributed by atoms with E-state index in [1.54, 1.807) is 6.07 Å². The SMILES string of the molecule is COc1cccc(C(F)F)c1CC(C)=O. The van der Waals surface area contributed by atoms with Crippen molar-refractivity contribution in [3.05, 3.63) is 29.3 Å². The molecule has 4 heteroatoms. The Morgan fingerprint density at radius 2 is 2.13 bits per heavy atom. The third kappa shape index (κ3) is 2.75. The molecule has 82 valence electrons. The van der Waals surface area contributed by atoms with Gasteiger partial charge in [-0.2, -0.15) is 0 Å². The van der Waals surface area contributed by atoms with Crippen molar-refractivity contribution in [3.63, 3.8) is 0 Å². The van der Waals surface area contributed by atoms with Crippen LogP contribution in [-0.2, 0) is 11.2 Å². The zero-order valence-corrected chi connectivity index (χ0v) is 8.59. The molecule has 0 amide bonds. The lowest BCUT2D eigenvalue weighted by molar-refractivity contribution is -0.116. The molecule has 0 bridgehead atoms. The number of Topliss-reactive ketones (excluding diaryl/α,β-unsaturated/α-hetero) is 1. The van der Waals surface area contributed by atoms with Gasteiger partial charge in [0.1, 0.15) is 11.5 Å². The second-order valence-corrected chi connectivity index (χ2v) is 3.21. The summed E-state index contributed by atoms with van der Waals surface area (Å²) < 4.78 is 30.2. The fourth-order valence-electron chi connectivity index (χ4n) is 1.42. The molecule has 0 heterocycles. The van der Waals surface area contributed by atoms with Crippen molar-refractivity contribution in [3.8, 4) is 5.75 Å². The van der Waals surface area contributed by atoms with Crippen LogP contribution in [0, 0.1) is 0 Å². The molecular weight excluding hydrogens is 202 g/mol. The molecule has 1 aromatic rings. The van der Waals surface area contributed by atoms with Crippen LogP contribution < -0.4 is 4.74 Å². The molecule has 0 fully saturated rings. The lowest BCUT2D eigenvalue weighted by Crippen LogP contribution is -2.04. The third-order valence-corrected chi connectivity index (χ3v) is 2.05. The predicted octanol–water partition coefficient (Wildman–Crippen LogP) is 2.76. The molecular formula is C11H12F2O2. The van der Waals surface area contributed by atoms with E-state index in [1.165, 1.54) is 26.2 Å². The van der Waals surface area contributed by atoms with Crippen molar-refractivity contribution in [1.29, 1.82) is 0 Å². The topological polar surface area (TPSA) is 26.3 Å². The van der Waals surface area contributed by atoms with Gasteiger partial charge >= 0.3 is 0 Å². The predicted molar refractivity (Wildman–Crippen MR) is 52.3 cm³/mol. The number of benzene rings is 1. The van der Waals surface area contributed by atoms with Gasteiger partial charge in [-0.3, -0.25) is 4.79 Å². The lowest BCUT2D eigenvalue weighted by Gasteiger charge is -2.11. The lowest BCUT2D eigenvalue weighted by atomic mass is 10.0. The van der Waals surface area contributed by atoms with E-state index < -0.39 is 6.43 Å². The summed E-state index contributed by atoms with van der Waals surface area (Å²) in [6.45, 7) is 1.36. The number of hydrogen-bond acceptors (Lipinski definition) is 2. The summed E-state index contributed by atoms with van der Waals surface area (Å²) in [7, 11) is 1.40. The summed E-state index contributed by atoms with van der Waals surface area (Å²) in [4.78, 5) is 11.0. The van der Waals surface area contributed by atoms with Gasteiger partial charge in [0.25, 0.3) is 6.43 Å². The number of halogens is 2. The second kappa shape index (κ2) is 4.87. The number of methoxy groups -OCH3 is 1. The number of carbonyl (C=O) groups excluding carboxylic acids is 1. The fourth-order valence-corrected chi connectivity index (χ4v) is 1.42. The minimum absolute atomic E-state index is 0.0241. The van der Waals surface area contributed by atoms with Gasteiger partial charge in [-0.15, -0.1) is 0 Å². The van der Waals surface area contributed by atoms with Crippen molar-refractivity contribution in [2.75, 3.05) is 7.11 Å². The largest absolute Gasteiger partial charge is 0.496 e. The highest BCUT2D eigenvalue weighted by atomic mass is 19.3. The second-order valence-electron chi connectivity index (χ2n) is 3.21. The number of carbonyl (C=O) groups is 1. The van der Waals surface area contributed by atoms with Crippen molar-refractivity contribution in [2.24, 2.45) is 0 Å². The zero-order chi connectivity index (χ0) is 11.4. The third-order valence-electron chi connectivity index (χ3n) is 2.05. The number of ketones is 1. The first kappa shape index (κ1) is 11.6. The maximum absolute atomic E-state index is 12.6. The standard InChI is InChI=1S/C11H12F2O2/c1-7(14)6-9-8(11(12)13)4-3-5-10(9)15-2/h3-5,11H,6H2,1-2H3. The molecule has 0 spiro atoms. The highest BCUT2D eigenvalue weighted by molar-refractivity contribution is 5.79. The Hall–Kier alpha value is -1.45. The molecule has 0 saturated carbocycles. The van der Waals surface area contributed by atoms with Gasteiger partial charge in [0.15, 0.2) is 0 Å². The van der Waals surface area contributed by atoms with Gasteiger partial charge in [0.2, 0.25) is 0 Å². The first-order chi connectivity index (χ1) is 7.06. The summed E-state index contributed by atoms with van der Waals surface area (Å²) in [6, 6.07) is 4.37. The Bertz CT molecular complexity index is 362. The van der Waals surface area contributed by atoms with Crippen LogP contribution in [0.3, 0.4) is 0 Å². The van der Waals surface area contributed by atoms with E-state index in [9.17, 15) is 13.6 Å². The average Bonchev–Trinajstić information content (AvgIpc) is 2.16. The smallest absolute Gasteiger partial charge is 0.264 e. The maximum atomic E-state index is 12.6. The quantitative estimate of drug-likeness (QED) is 0.770. The molecule has 0 aliphatic carbocycles. The molecule has 0 radical (unpaired) electrons. The molecule has 2 nitrogen and oxygen atoms in total. The molecule has 0 aromatic heterocycles. The maximum Gasteiger partial charge on any atom is 0.264 e. The Morgan fingerprint density at radius 1 is 1.47 bits per heavy atom. The van der Waals surface area contributed by atoms with Crippen molar-refractivity contribution < 1.29 is 18.3 Å². The van der Waals surface area contributed by atoms with Gasteiger partial charge in [0, 0.05) is 17.5 Å². The minimum Gasteiger partial charge on any atom is -0.496 e. The summed E-state index contributed by atoms with van der Waals surface area (Å²) >= 11 is 0. The zero-order valence-electron chi connectivity index (χ0n) is 8.59. The van der Waals surface area contributed by atoms with E-state index in [-0.39, 0.29) is 23.3 Å². The Morgan fingerprint density at radius 3 is 2.60 bits per heavy atom. The number of alkyl halides is 2. The molecule has 0 aliphatic rings. The first-order valence-corrected chi connectivity index (χ1v) is 4.49. The summed E-state index contributed by atoms with van der Waals surface area (Å²) in [5.41, 5.74) is 0.145. The Kier molecular flexibility index (Phi) is 3.77. The van der Waals surface area contributed by atoms with Crippen molar-refractivity contribution >= 4 is 5.78 Å². The van der Waals surface area contributed by atoms with Crippen LogP contribution in [0.15, 0.2) is 18.2 Å². The van der Waals surface area contributed by atoms with Crippen LogP contribution in [0.1, 0.15) is 24.5 Å². The molecule has 0 aliphatic heterocycles. The molecule has 0 N–H and O–H groups in total. The molecule has 1 rings (SSSR count). The van der Waals surface area contributed by atoms with Gasteiger partial charge in [0.05, 0.1) is 7.11 Å². The number of hydrogen-bond donors (Lipinski definition) is 0. The van der Waals surface area contributed by atoms with Gasteiger partial charge in [-0.25, -0.2) is 8.78 Å². The van der Waals surface area contributed by atoms with Crippen LogP contribution in [0.4, 0.5) is 8.78 Å². The summed E-state index contributed by atoms with van der Waals surface area (Å²) in [5.74, 6) is 0.171. The average molecular weight is 214 g/mol. The van der Waals surface area contributed by atoms with E-state index in [0.29, 0.717) is 5.75 Å². The van der Waals surface area contributed by atoms with E-state index in [2.05, 4.69) is 0 Å². The van der Waals surface area contributed by atoms with Crippen LogP contribution in [0.2, 0.25) is 0 Å². The van der Waals surface area contributed by atoms with Gasteiger partial charge in [-0.1, -0.05) is 12.1 Å². The highest BCUT2D eigenvalue weighted by Gasteiger charge is 2.17. The van der Waals surface area contributed by atoms with E-state index in [4.69, 9.17) is 4.74 Å². The Labute approximate surface area is 86.9 Å². The van der Waals surface area contributed by atoms with Crippen LogP contribution >= 0.6 is 0 Å². The molecule has 0 atom stereocenters. The first-order valence-electron chi connectivity index (χ1n) is 4.49. The fraction of sp³-hybridized carbons (Fsp3) is 0.364. The van der Waals surface area contributed by atoms with Crippen LogP contribution in [0.25, 0.3) is 0 Å². The van der Waals surface area contributed by atoms with Crippen molar-refractivity contribution in [1.82, 2.24) is 0 Å². The summed E-state index contributed by atoms with van der Waals surface area (Å²) in [5, 5.41) is 0. The normalized spacial score (nSPS) is 10.5. The van der Waals surface area contributed by atoms with Crippen LogP contribution in [-0.4, -0.2) is 12.9 Å². The Balaban J connectivity index is 3.20. The minimum atomic E-state index is -2.59.